The number of halogens is 1. The monoisotopic (exact) mass is 476 g/mol. The van der Waals surface area contributed by atoms with Crippen molar-refractivity contribution in [2.45, 2.75) is 45.8 Å². The number of aromatic nitrogens is 6. The average molecular weight is 477 g/mol. The van der Waals surface area contributed by atoms with Gasteiger partial charge in [-0.15, -0.1) is 5.92 Å². The number of benzene rings is 1. The first-order chi connectivity index (χ1) is 16.9. The van der Waals surface area contributed by atoms with Crippen LogP contribution >= 0.6 is 0 Å². The van der Waals surface area contributed by atoms with Crippen LogP contribution in [0.4, 0.5) is 10.3 Å². The second kappa shape index (κ2) is 8.96. The van der Waals surface area contributed by atoms with Gasteiger partial charge in [0.1, 0.15) is 18.2 Å². The van der Waals surface area contributed by atoms with Crippen molar-refractivity contribution in [2.24, 2.45) is 5.73 Å². The van der Waals surface area contributed by atoms with Crippen molar-refractivity contribution in [3.63, 3.8) is 0 Å². The molecule has 3 aromatic heterocycles. The van der Waals surface area contributed by atoms with Crippen molar-refractivity contribution in [3.8, 4) is 11.8 Å². The van der Waals surface area contributed by atoms with E-state index in [1.807, 2.05) is 4.90 Å². The van der Waals surface area contributed by atoms with Crippen LogP contribution in [0.5, 0.6) is 0 Å². The summed E-state index contributed by atoms with van der Waals surface area (Å²) >= 11 is 0. The fourth-order valence-electron chi connectivity index (χ4n) is 4.50. The molecule has 1 fully saturated rings. The second-order valence-corrected chi connectivity index (χ2v) is 8.65. The molecule has 1 aromatic carbocycles. The van der Waals surface area contributed by atoms with Gasteiger partial charge in [-0.2, -0.15) is 9.50 Å². The maximum absolute atomic E-state index is 13.6. The third kappa shape index (κ3) is 4.17. The Labute approximate surface area is 199 Å². The number of fused-ring (bicyclic) bond motifs is 2. The minimum absolute atomic E-state index is 0.00719. The molecule has 1 saturated heterocycles. The van der Waals surface area contributed by atoms with Crippen LogP contribution in [0.2, 0.25) is 0 Å². The van der Waals surface area contributed by atoms with E-state index in [1.54, 1.807) is 24.6 Å². The van der Waals surface area contributed by atoms with E-state index in [4.69, 9.17) is 5.73 Å². The number of nitrogens with zero attached hydrogens (tertiary/aromatic N) is 7. The second-order valence-electron chi connectivity index (χ2n) is 8.65. The molecular weight excluding hydrogens is 451 g/mol. The molecule has 0 saturated carbocycles. The number of nitrogens with two attached hydrogens (primary N) is 1. The van der Waals surface area contributed by atoms with Crippen LogP contribution in [0.25, 0.3) is 16.6 Å². The van der Waals surface area contributed by atoms with E-state index in [2.05, 4.69) is 26.8 Å². The molecule has 0 amide bonds. The Bertz CT molecular complexity index is 1620. The van der Waals surface area contributed by atoms with Crippen molar-refractivity contribution in [1.82, 2.24) is 28.7 Å². The highest BCUT2D eigenvalue weighted by Crippen LogP contribution is 2.19. The summed E-state index contributed by atoms with van der Waals surface area (Å²) in [5, 5.41) is 0.578. The molecule has 10 nitrogen and oxygen atoms in total. The van der Waals surface area contributed by atoms with E-state index >= 15 is 0 Å². The van der Waals surface area contributed by atoms with Crippen molar-refractivity contribution in [2.75, 3.05) is 18.0 Å². The first kappa shape index (κ1) is 22.7. The Hall–Kier alpha value is -4.04. The lowest BCUT2D eigenvalue weighted by Gasteiger charge is -2.31. The molecule has 35 heavy (non-hydrogen) atoms. The predicted octanol–water partition coefficient (Wildman–Crippen LogP) is 1.05. The van der Waals surface area contributed by atoms with Crippen molar-refractivity contribution in [1.29, 1.82) is 0 Å². The summed E-state index contributed by atoms with van der Waals surface area (Å²) in [7, 11) is 0. The van der Waals surface area contributed by atoms with Crippen molar-refractivity contribution < 1.29 is 4.39 Å². The van der Waals surface area contributed by atoms with Gasteiger partial charge in [-0.05, 0) is 44.9 Å². The fraction of sp³-hybridized carbons (Fsp3) is 0.375. The summed E-state index contributed by atoms with van der Waals surface area (Å²) in [5.74, 6) is 6.29. The number of anilines is 1. The smallest absolute Gasteiger partial charge is 0.339 e. The van der Waals surface area contributed by atoms with Crippen LogP contribution in [0.15, 0.2) is 33.9 Å². The van der Waals surface area contributed by atoms with E-state index < -0.39 is 11.2 Å². The minimum Gasteiger partial charge on any atom is -0.339 e. The van der Waals surface area contributed by atoms with E-state index in [-0.39, 0.29) is 36.4 Å². The Kier molecular flexibility index (Phi) is 5.82. The quantitative estimate of drug-likeness (QED) is 0.438. The van der Waals surface area contributed by atoms with Gasteiger partial charge in [0.2, 0.25) is 5.95 Å². The van der Waals surface area contributed by atoms with Crippen LogP contribution in [0.3, 0.4) is 0 Å². The number of aryl methyl sites for hydroxylation is 1. The zero-order chi connectivity index (χ0) is 24.7. The summed E-state index contributed by atoms with van der Waals surface area (Å²) in [6.07, 6.45) is 1.84. The van der Waals surface area contributed by atoms with Crippen molar-refractivity contribution in [3.05, 3.63) is 62.4 Å². The van der Waals surface area contributed by atoms with Gasteiger partial charge in [0.15, 0.2) is 5.65 Å². The van der Waals surface area contributed by atoms with Gasteiger partial charge < -0.3 is 10.6 Å². The molecule has 1 aliphatic rings. The van der Waals surface area contributed by atoms with Gasteiger partial charge in [-0.1, -0.05) is 5.92 Å². The maximum atomic E-state index is 13.6. The Balaban J connectivity index is 1.63. The van der Waals surface area contributed by atoms with Gasteiger partial charge in [0.25, 0.3) is 5.56 Å². The van der Waals surface area contributed by atoms with Crippen LogP contribution in [0.1, 0.15) is 31.3 Å². The van der Waals surface area contributed by atoms with Gasteiger partial charge in [0, 0.05) is 36.3 Å². The van der Waals surface area contributed by atoms with E-state index in [0.29, 0.717) is 29.1 Å². The highest BCUT2D eigenvalue weighted by Gasteiger charge is 2.24. The van der Waals surface area contributed by atoms with E-state index in [1.165, 1.54) is 22.7 Å². The van der Waals surface area contributed by atoms with E-state index in [9.17, 15) is 14.0 Å². The lowest BCUT2D eigenvalue weighted by atomic mass is 10.1. The predicted molar refractivity (Wildman–Crippen MR) is 130 cm³/mol. The fourth-order valence-corrected chi connectivity index (χ4v) is 4.50. The molecule has 1 atom stereocenters. The molecule has 5 rings (SSSR count). The highest BCUT2D eigenvalue weighted by molar-refractivity contribution is 5.80. The Morgan fingerprint density at radius 1 is 1.20 bits per heavy atom. The maximum Gasteiger partial charge on any atom is 0.352 e. The Morgan fingerprint density at radius 2 is 2.03 bits per heavy atom. The lowest BCUT2D eigenvalue weighted by Crippen LogP contribution is -2.44. The summed E-state index contributed by atoms with van der Waals surface area (Å²) in [6.45, 7) is 4.90. The molecule has 180 valence electrons. The Morgan fingerprint density at radius 3 is 2.80 bits per heavy atom. The summed E-state index contributed by atoms with van der Waals surface area (Å²) in [5.41, 5.74) is 6.44. The lowest BCUT2D eigenvalue weighted by molar-refractivity contribution is 0.485. The molecule has 1 aliphatic heterocycles. The van der Waals surface area contributed by atoms with Crippen LogP contribution in [-0.2, 0) is 13.1 Å². The van der Waals surface area contributed by atoms with Crippen LogP contribution in [-0.4, -0.2) is 47.8 Å². The van der Waals surface area contributed by atoms with Crippen LogP contribution < -0.4 is 21.9 Å². The minimum atomic E-state index is -0.564. The molecule has 2 N–H and O–H groups in total. The largest absolute Gasteiger partial charge is 0.352 e. The normalized spacial score (nSPS) is 16.0. The van der Waals surface area contributed by atoms with Gasteiger partial charge in [-0.3, -0.25) is 9.36 Å². The highest BCUT2D eigenvalue weighted by atomic mass is 19.1. The summed E-state index contributed by atoms with van der Waals surface area (Å²) in [4.78, 5) is 42.0. The molecule has 0 aliphatic carbocycles. The molecular formula is C24H25FN8O2. The third-order valence-corrected chi connectivity index (χ3v) is 6.18. The first-order valence-corrected chi connectivity index (χ1v) is 11.4. The summed E-state index contributed by atoms with van der Waals surface area (Å²) < 4.78 is 17.7. The SMILES string of the molecule is CC#CCn1c(N2CCC[C@@H](N)C2)nc2cc(=O)n(Cc3nc(C)c4cc(F)ccc4n3)c(=O)n21. The molecule has 4 heterocycles. The van der Waals surface area contributed by atoms with E-state index in [0.717, 1.165) is 24.0 Å². The number of rotatable bonds is 4. The topological polar surface area (TPSA) is 116 Å². The number of hydrogen-bond acceptors (Lipinski definition) is 7. The van der Waals surface area contributed by atoms with Gasteiger partial charge in [0.05, 0.1) is 12.1 Å². The summed E-state index contributed by atoms with van der Waals surface area (Å²) in [6, 6.07) is 5.56. The number of hydrogen-bond donors (Lipinski definition) is 1. The van der Waals surface area contributed by atoms with Gasteiger partial charge in [-0.25, -0.2) is 23.8 Å². The zero-order valence-corrected chi connectivity index (χ0v) is 19.5. The number of piperidine rings is 1. The molecule has 4 aromatic rings. The van der Waals surface area contributed by atoms with Gasteiger partial charge >= 0.3 is 5.69 Å². The third-order valence-electron chi connectivity index (χ3n) is 6.18. The van der Waals surface area contributed by atoms with Crippen molar-refractivity contribution >= 4 is 22.5 Å². The first-order valence-electron chi connectivity index (χ1n) is 11.4. The molecule has 0 bridgehead atoms. The zero-order valence-electron chi connectivity index (χ0n) is 19.5. The van der Waals surface area contributed by atoms with Crippen LogP contribution in [0, 0.1) is 24.6 Å². The molecule has 0 radical (unpaired) electrons. The molecule has 11 heteroatoms. The average Bonchev–Trinajstić information content (AvgIpc) is 3.19. The standard InChI is InChI=1S/C24H25FN8O2/c1-3-4-10-32-23(30-9-5-6-17(26)13-30)29-21-12-22(34)31(24(35)33(21)32)14-20-27-15(2)18-11-16(25)7-8-19(18)28-20/h7-8,11-12,17H,5-6,9-10,13-14,26H2,1-2H3/t17-/m1/s1. The molecule has 0 spiro atoms. The molecule has 0 unspecified atom stereocenters.